The molecular formula is C10H10FNO4. The van der Waals surface area contributed by atoms with Gasteiger partial charge >= 0.3 is 5.97 Å². The topological polar surface area (TPSA) is 68.7 Å². The number of halogens is 1. The maximum atomic E-state index is 13.0. The molecule has 0 amide bonds. The fourth-order valence-electron chi connectivity index (χ4n) is 1.44. The van der Waals surface area contributed by atoms with Crippen LogP contribution in [0.2, 0.25) is 0 Å². The highest BCUT2D eigenvalue weighted by Crippen LogP contribution is 2.18. The third-order valence-electron chi connectivity index (χ3n) is 2.24. The van der Waals surface area contributed by atoms with E-state index in [-0.39, 0.29) is 11.9 Å². The van der Waals surface area contributed by atoms with E-state index in [9.17, 15) is 9.18 Å². The molecule has 2 heterocycles. The lowest BCUT2D eigenvalue weighted by Crippen LogP contribution is -2.16. The number of nitrogens with zero attached hydrogens (tertiary/aromatic N) is 1. The van der Waals surface area contributed by atoms with E-state index in [1.807, 2.05) is 0 Å². The Hall–Kier alpha value is -1.69. The summed E-state index contributed by atoms with van der Waals surface area (Å²) in [5.74, 6) is -2.13. The van der Waals surface area contributed by atoms with Gasteiger partial charge in [-0.1, -0.05) is 0 Å². The molecule has 86 valence electrons. The average Bonchev–Trinajstić information content (AvgIpc) is 2.73. The van der Waals surface area contributed by atoms with E-state index < -0.39 is 17.5 Å². The Balaban J connectivity index is 2.15. The van der Waals surface area contributed by atoms with Gasteiger partial charge < -0.3 is 14.6 Å². The van der Waals surface area contributed by atoms with Crippen molar-refractivity contribution < 1.29 is 23.8 Å². The van der Waals surface area contributed by atoms with Gasteiger partial charge in [0.15, 0.2) is 0 Å². The van der Waals surface area contributed by atoms with Gasteiger partial charge in [-0.15, -0.1) is 0 Å². The SMILES string of the molecule is O=C(O)c1cc(O[C@@H]2CCOC2)cnc1F. The number of pyridine rings is 1. The summed E-state index contributed by atoms with van der Waals surface area (Å²) in [6.07, 6.45) is 1.79. The number of hydrogen-bond acceptors (Lipinski definition) is 4. The minimum Gasteiger partial charge on any atom is -0.486 e. The Morgan fingerprint density at radius 1 is 1.69 bits per heavy atom. The lowest BCUT2D eigenvalue weighted by molar-refractivity contribution is 0.0689. The number of carboxylic acid groups (broad SMARTS) is 1. The third kappa shape index (κ3) is 2.27. The maximum Gasteiger partial charge on any atom is 0.340 e. The van der Waals surface area contributed by atoms with Gasteiger partial charge in [0.25, 0.3) is 0 Å². The normalized spacial score (nSPS) is 19.7. The quantitative estimate of drug-likeness (QED) is 0.782. The predicted octanol–water partition coefficient (Wildman–Crippen LogP) is 1.09. The standard InChI is InChI=1S/C10H10FNO4/c11-9-8(10(13)14)3-7(4-12-9)16-6-1-2-15-5-6/h3-4,6H,1-2,5H2,(H,13,14)/t6-/m1/s1. The van der Waals surface area contributed by atoms with E-state index in [1.165, 1.54) is 6.20 Å². The van der Waals surface area contributed by atoms with Crippen LogP contribution in [0.15, 0.2) is 12.3 Å². The van der Waals surface area contributed by atoms with Crippen molar-refractivity contribution in [3.63, 3.8) is 0 Å². The van der Waals surface area contributed by atoms with Gasteiger partial charge in [-0.2, -0.15) is 4.39 Å². The van der Waals surface area contributed by atoms with E-state index in [1.54, 1.807) is 0 Å². The number of hydrogen-bond donors (Lipinski definition) is 1. The molecule has 6 heteroatoms. The predicted molar refractivity (Wildman–Crippen MR) is 51.0 cm³/mol. The molecule has 1 fully saturated rings. The van der Waals surface area contributed by atoms with E-state index in [4.69, 9.17) is 14.6 Å². The van der Waals surface area contributed by atoms with Crippen LogP contribution >= 0.6 is 0 Å². The van der Waals surface area contributed by atoms with Crippen LogP contribution in [0, 0.1) is 5.95 Å². The summed E-state index contributed by atoms with van der Waals surface area (Å²) in [5.41, 5.74) is -0.489. The van der Waals surface area contributed by atoms with E-state index in [2.05, 4.69) is 4.98 Å². The van der Waals surface area contributed by atoms with Crippen molar-refractivity contribution in [2.75, 3.05) is 13.2 Å². The highest BCUT2D eigenvalue weighted by molar-refractivity contribution is 5.87. The Kier molecular flexibility index (Phi) is 3.00. The molecule has 2 rings (SSSR count). The fraction of sp³-hybridized carbons (Fsp3) is 0.400. The first-order valence-electron chi connectivity index (χ1n) is 4.80. The number of aromatic carboxylic acids is 1. The van der Waals surface area contributed by atoms with Gasteiger partial charge in [-0.05, 0) is 0 Å². The molecular weight excluding hydrogens is 217 g/mol. The molecule has 0 bridgehead atoms. The van der Waals surface area contributed by atoms with Crippen LogP contribution in [-0.2, 0) is 4.74 Å². The van der Waals surface area contributed by atoms with Crippen LogP contribution < -0.4 is 4.74 Å². The molecule has 0 aliphatic carbocycles. The van der Waals surface area contributed by atoms with Gasteiger partial charge in [0.05, 0.1) is 19.4 Å². The van der Waals surface area contributed by atoms with Crippen molar-refractivity contribution in [2.24, 2.45) is 0 Å². The highest BCUT2D eigenvalue weighted by atomic mass is 19.1. The number of ether oxygens (including phenoxy) is 2. The third-order valence-corrected chi connectivity index (χ3v) is 2.24. The lowest BCUT2D eigenvalue weighted by atomic mass is 10.2. The number of rotatable bonds is 3. The number of carbonyl (C=O) groups is 1. The van der Waals surface area contributed by atoms with Crippen LogP contribution in [0.4, 0.5) is 4.39 Å². The van der Waals surface area contributed by atoms with Crippen LogP contribution in [0.1, 0.15) is 16.8 Å². The molecule has 16 heavy (non-hydrogen) atoms. The Bertz CT molecular complexity index is 404. The minimum absolute atomic E-state index is 0.117. The van der Waals surface area contributed by atoms with Crippen molar-refractivity contribution in [3.8, 4) is 5.75 Å². The summed E-state index contributed by atoms with van der Waals surface area (Å²) in [7, 11) is 0. The summed E-state index contributed by atoms with van der Waals surface area (Å²) < 4.78 is 23.5. The first kappa shape index (κ1) is 10.8. The van der Waals surface area contributed by atoms with E-state index in [0.29, 0.717) is 13.2 Å². The summed E-state index contributed by atoms with van der Waals surface area (Å²) >= 11 is 0. The van der Waals surface area contributed by atoms with E-state index >= 15 is 0 Å². The molecule has 0 spiro atoms. The molecule has 1 aliphatic heterocycles. The zero-order chi connectivity index (χ0) is 11.5. The summed E-state index contributed by atoms with van der Waals surface area (Å²) in [4.78, 5) is 14.0. The zero-order valence-corrected chi connectivity index (χ0v) is 8.35. The molecule has 1 N–H and O–H groups in total. The van der Waals surface area contributed by atoms with Gasteiger partial charge in [-0.3, -0.25) is 0 Å². The van der Waals surface area contributed by atoms with Gasteiger partial charge in [-0.25, -0.2) is 9.78 Å². The molecule has 5 nitrogen and oxygen atoms in total. The van der Waals surface area contributed by atoms with Gasteiger partial charge in [0.2, 0.25) is 5.95 Å². The van der Waals surface area contributed by atoms with Crippen LogP contribution in [0.5, 0.6) is 5.75 Å². The maximum absolute atomic E-state index is 13.0. The van der Waals surface area contributed by atoms with Crippen molar-refractivity contribution in [1.82, 2.24) is 4.98 Å². The molecule has 1 aromatic rings. The first-order valence-corrected chi connectivity index (χ1v) is 4.80. The second-order valence-electron chi connectivity index (χ2n) is 3.42. The average molecular weight is 227 g/mol. The van der Waals surface area contributed by atoms with Crippen LogP contribution in [0.25, 0.3) is 0 Å². The second-order valence-corrected chi connectivity index (χ2v) is 3.42. The monoisotopic (exact) mass is 227 g/mol. The first-order chi connectivity index (χ1) is 7.66. The van der Waals surface area contributed by atoms with Crippen molar-refractivity contribution >= 4 is 5.97 Å². The Morgan fingerprint density at radius 3 is 3.12 bits per heavy atom. The highest BCUT2D eigenvalue weighted by Gasteiger charge is 2.19. The number of aromatic nitrogens is 1. The molecule has 0 unspecified atom stereocenters. The smallest absolute Gasteiger partial charge is 0.340 e. The molecule has 1 aromatic heterocycles. The minimum atomic E-state index is -1.36. The molecule has 1 atom stereocenters. The molecule has 0 aromatic carbocycles. The van der Waals surface area contributed by atoms with Crippen molar-refractivity contribution in [1.29, 1.82) is 0 Å². The molecule has 1 aliphatic rings. The number of carboxylic acids is 1. The lowest BCUT2D eigenvalue weighted by Gasteiger charge is -2.11. The zero-order valence-electron chi connectivity index (χ0n) is 8.35. The van der Waals surface area contributed by atoms with Crippen LogP contribution in [0.3, 0.4) is 0 Å². The molecule has 0 radical (unpaired) electrons. The summed E-state index contributed by atoms with van der Waals surface area (Å²) in [6, 6.07) is 1.13. The Morgan fingerprint density at radius 2 is 2.50 bits per heavy atom. The fourth-order valence-corrected chi connectivity index (χ4v) is 1.44. The Labute approximate surface area is 90.8 Å². The van der Waals surface area contributed by atoms with E-state index in [0.717, 1.165) is 12.5 Å². The van der Waals surface area contributed by atoms with Crippen molar-refractivity contribution in [3.05, 3.63) is 23.8 Å². The van der Waals surface area contributed by atoms with Gasteiger partial charge in [0.1, 0.15) is 17.4 Å². The largest absolute Gasteiger partial charge is 0.486 e. The second kappa shape index (κ2) is 4.44. The van der Waals surface area contributed by atoms with Gasteiger partial charge in [0, 0.05) is 12.5 Å². The van der Waals surface area contributed by atoms with Crippen LogP contribution in [-0.4, -0.2) is 35.4 Å². The molecule has 0 saturated carbocycles. The summed E-state index contributed by atoms with van der Waals surface area (Å²) in [6.45, 7) is 1.07. The molecule has 1 saturated heterocycles. The van der Waals surface area contributed by atoms with Crippen molar-refractivity contribution in [2.45, 2.75) is 12.5 Å². The summed E-state index contributed by atoms with van der Waals surface area (Å²) in [5, 5.41) is 8.69.